The Morgan fingerprint density at radius 2 is 2.25 bits per heavy atom. The number of anilines is 1. The van der Waals surface area contributed by atoms with Crippen molar-refractivity contribution in [2.45, 2.75) is 37.2 Å². The van der Waals surface area contributed by atoms with E-state index < -0.39 is 10.0 Å². The minimum Gasteiger partial charge on any atom is -0.381 e. The molecule has 0 aliphatic carbocycles. The molecule has 1 atom stereocenters. The number of nitrogens with zero attached hydrogens (tertiary/aromatic N) is 4. The monoisotopic (exact) mass is 301 g/mol. The lowest BCUT2D eigenvalue weighted by Crippen LogP contribution is -2.39. The van der Waals surface area contributed by atoms with Gasteiger partial charge in [-0.2, -0.15) is 9.40 Å². The molecule has 7 nitrogen and oxygen atoms in total. The van der Waals surface area contributed by atoms with E-state index >= 15 is 0 Å². The lowest BCUT2D eigenvalue weighted by Gasteiger charge is -2.25. The zero-order valence-electron chi connectivity index (χ0n) is 12.3. The average Bonchev–Trinajstić information content (AvgIpc) is 2.96. The second kappa shape index (κ2) is 5.71. The van der Waals surface area contributed by atoms with Gasteiger partial charge in [0.15, 0.2) is 5.82 Å². The molecule has 0 spiro atoms. The zero-order valence-corrected chi connectivity index (χ0v) is 13.1. The van der Waals surface area contributed by atoms with Crippen LogP contribution in [0.5, 0.6) is 0 Å². The highest BCUT2D eigenvalue weighted by molar-refractivity contribution is 7.89. The molecule has 114 valence electrons. The summed E-state index contributed by atoms with van der Waals surface area (Å²) in [6, 6.07) is 0.275. The van der Waals surface area contributed by atoms with Crippen molar-refractivity contribution in [1.29, 1.82) is 0 Å². The number of nitrogen functional groups attached to an aromatic ring is 1. The number of likely N-dealkylation sites (tertiary alicyclic amines) is 1. The molecule has 0 bridgehead atoms. The molecule has 1 aromatic rings. The molecule has 2 heterocycles. The molecule has 2 rings (SSSR count). The Bertz CT molecular complexity index is 568. The van der Waals surface area contributed by atoms with Crippen molar-refractivity contribution in [2.75, 3.05) is 32.9 Å². The van der Waals surface area contributed by atoms with Gasteiger partial charge < -0.3 is 10.6 Å². The summed E-state index contributed by atoms with van der Waals surface area (Å²) < 4.78 is 28.0. The Balaban J connectivity index is 2.18. The summed E-state index contributed by atoms with van der Waals surface area (Å²) in [5, 5.41) is 4.00. The molecule has 0 aromatic carbocycles. The van der Waals surface area contributed by atoms with Gasteiger partial charge in [0.05, 0.1) is 0 Å². The van der Waals surface area contributed by atoms with Gasteiger partial charge in [-0.1, -0.05) is 0 Å². The highest BCUT2D eigenvalue weighted by Crippen LogP contribution is 2.23. The van der Waals surface area contributed by atoms with Gasteiger partial charge >= 0.3 is 0 Å². The SMILES string of the molecule is CCn1cc(S(=O)(=O)N(C)CC2CCCN2C)c(N)n1. The molecule has 2 N–H and O–H groups in total. The quantitative estimate of drug-likeness (QED) is 0.840. The normalized spacial score (nSPS) is 20.9. The fourth-order valence-corrected chi connectivity index (χ4v) is 3.82. The maximum absolute atomic E-state index is 12.6. The van der Waals surface area contributed by atoms with Crippen LogP contribution in [0.3, 0.4) is 0 Å². The molecule has 1 saturated heterocycles. The van der Waals surface area contributed by atoms with E-state index in [0.29, 0.717) is 13.1 Å². The van der Waals surface area contributed by atoms with Gasteiger partial charge in [0.25, 0.3) is 0 Å². The van der Waals surface area contributed by atoms with Crippen molar-refractivity contribution in [3.8, 4) is 0 Å². The van der Waals surface area contributed by atoms with Crippen LogP contribution in [0.1, 0.15) is 19.8 Å². The molecule has 0 radical (unpaired) electrons. The molecular weight excluding hydrogens is 278 g/mol. The molecule has 1 aliphatic rings. The number of likely N-dealkylation sites (N-methyl/N-ethyl adjacent to an activating group) is 2. The van der Waals surface area contributed by atoms with Crippen LogP contribution in [0, 0.1) is 0 Å². The van der Waals surface area contributed by atoms with Crippen LogP contribution in [0.25, 0.3) is 0 Å². The van der Waals surface area contributed by atoms with E-state index in [1.165, 1.54) is 15.2 Å². The number of aromatic nitrogens is 2. The summed E-state index contributed by atoms with van der Waals surface area (Å²) in [6.45, 7) is 3.98. The Kier molecular flexibility index (Phi) is 4.36. The highest BCUT2D eigenvalue weighted by atomic mass is 32.2. The maximum Gasteiger partial charge on any atom is 0.248 e. The molecule has 0 amide bonds. The van der Waals surface area contributed by atoms with E-state index in [4.69, 9.17) is 5.73 Å². The van der Waals surface area contributed by atoms with Crippen molar-refractivity contribution in [2.24, 2.45) is 0 Å². The summed E-state index contributed by atoms with van der Waals surface area (Å²) >= 11 is 0. The average molecular weight is 301 g/mol. The third-order valence-electron chi connectivity index (χ3n) is 3.91. The lowest BCUT2D eigenvalue weighted by atomic mass is 10.2. The number of hydrogen-bond donors (Lipinski definition) is 1. The topological polar surface area (TPSA) is 84.5 Å². The van der Waals surface area contributed by atoms with Gasteiger partial charge in [-0.05, 0) is 33.4 Å². The Morgan fingerprint density at radius 3 is 2.75 bits per heavy atom. The molecule has 1 fully saturated rings. The molecule has 1 aliphatic heterocycles. The zero-order chi connectivity index (χ0) is 14.9. The van der Waals surface area contributed by atoms with E-state index in [1.54, 1.807) is 7.05 Å². The molecule has 1 unspecified atom stereocenters. The number of nitrogens with two attached hydrogens (primary N) is 1. The summed E-state index contributed by atoms with van der Waals surface area (Å²) in [6.07, 6.45) is 3.64. The highest BCUT2D eigenvalue weighted by Gasteiger charge is 2.30. The summed E-state index contributed by atoms with van der Waals surface area (Å²) in [7, 11) is 0.0593. The summed E-state index contributed by atoms with van der Waals surface area (Å²) in [4.78, 5) is 2.30. The number of hydrogen-bond acceptors (Lipinski definition) is 5. The maximum atomic E-state index is 12.6. The first-order valence-corrected chi connectivity index (χ1v) is 8.29. The van der Waals surface area contributed by atoms with Crippen LogP contribution in [-0.4, -0.2) is 60.6 Å². The Morgan fingerprint density at radius 1 is 1.55 bits per heavy atom. The fourth-order valence-electron chi connectivity index (χ4n) is 2.55. The van der Waals surface area contributed by atoms with Crippen LogP contribution >= 0.6 is 0 Å². The molecular formula is C12H23N5O2S. The van der Waals surface area contributed by atoms with Crippen LogP contribution < -0.4 is 5.73 Å². The third-order valence-corrected chi connectivity index (χ3v) is 5.75. The predicted octanol–water partition coefficient (Wildman–Crippen LogP) is 0.200. The van der Waals surface area contributed by atoms with Gasteiger partial charge in [-0.15, -0.1) is 0 Å². The van der Waals surface area contributed by atoms with Crippen molar-refractivity contribution < 1.29 is 8.42 Å². The lowest BCUT2D eigenvalue weighted by molar-refractivity contribution is 0.271. The van der Waals surface area contributed by atoms with Crippen molar-refractivity contribution in [3.05, 3.63) is 6.20 Å². The Labute approximate surface area is 120 Å². The molecule has 20 heavy (non-hydrogen) atoms. The smallest absolute Gasteiger partial charge is 0.248 e. The van der Waals surface area contributed by atoms with E-state index in [9.17, 15) is 8.42 Å². The minimum absolute atomic E-state index is 0.0680. The predicted molar refractivity (Wildman–Crippen MR) is 77.8 cm³/mol. The number of sulfonamides is 1. The minimum atomic E-state index is -3.57. The second-order valence-corrected chi connectivity index (χ2v) is 7.31. The van der Waals surface area contributed by atoms with E-state index in [2.05, 4.69) is 10.00 Å². The fraction of sp³-hybridized carbons (Fsp3) is 0.750. The standard InChI is InChI=1S/C12H23N5O2S/c1-4-17-9-11(12(13)14-17)20(18,19)16(3)8-10-6-5-7-15(10)2/h9-10H,4-8H2,1-3H3,(H2,13,14). The van der Waals surface area contributed by atoms with Gasteiger partial charge in [0.2, 0.25) is 10.0 Å². The van der Waals surface area contributed by atoms with Gasteiger partial charge in [0.1, 0.15) is 4.90 Å². The Hall–Kier alpha value is -1.12. The van der Waals surface area contributed by atoms with Gasteiger partial charge in [0, 0.05) is 32.4 Å². The second-order valence-electron chi connectivity index (χ2n) is 5.30. The summed E-state index contributed by atoms with van der Waals surface area (Å²) in [5.41, 5.74) is 5.73. The van der Waals surface area contributed by atoms with Crippen LogP contribution in [-0.2, 0) is 16.6 Å². The molecule has 8 heteroatoms. The van der Waals surface area contributed by atoms with E-state index in [-0.39, 0.29) is 16.8 Å². The van der Waals surface area contributed by atoms with E-state index in [1.807, 2.05) is 14.0 Å². The van der Waals surface area contributed by atoms with Crippen LogP contribution in [0.2, 0.25) is 0 Å². The first-order valence-electron chi connectivity index (χ1n) is 6.85. The first-order chi connectivity index (χ1) is 9.36. The number of rotatable bonds is 5. The van der Waals surface area contributed by atoms with Crippen molar-refractivity contribution in [1.82, 2.24) is 19.0 Å². The summed E-state index contributed by atoms with van der Waals surface area (Å²) in [5.74, 6) is 0.0680. The van der Waals surface area contributed by atoms with Crippen molar-refractivity contribution >= 4 is 15.8 Å². The third kappa shape index (κ3) is 2.82. The van der Waals surface area contributed by atoms with Crippen LogP contribution in [0.15, 0.2) is 11.1 Å². The number of aryl methyl sites for hydroxylation is 1. The van der Waals surface area contributed by atoms with Gasteiger partial charge in [-0.3, -0.25) is 4.68 Å². The van der Waals surface area contributed by atoms with Crippen molar-refractivity contribution in [3.63, 3.8) is 0 Å². The van der Waals surface area contributed by atoms with Crippen LogP contribution in [0.4, 0.5) is 5.82 Å². The van der Waals surface area contributed by atoms with Gasteiger partial charge in [-0.25, -0.2) is 8.42 Å². The van der Waals surface area contributed by atoms with E-state index in [0.717, 1.165) is 19.4 Å². The molecule has 1 aromatic heterocycles. The molecule has 0 saturated carbocycles. The first kappa shape index (κ1) is 15.3. The largest absolute Gasteiger partial charge is 0.381 e.